The molecule has 134 valence electrons. The average Bonchev–Trinajstić information content (AvgIpc) is 2.64. The van der Waals surface area contributed by atoms with Crippen LogP contribution >= 0.6 is 11.6 Å². The van der Waals surface area contributed by atoms with Crippen molar-refractivity contribution in [3.63, 3.8) is 0 Å². The number of halogens is 1. The Balaban J connectivity index is 2.04. The van der Waals surface area contributed by atoms with Crippen molar-refractivity contribution in [1.29, 1.82) is 0 Å². The first kappa shape index (κ1) is 17.9. The number of rotatable bonds is 4. The van der Waals surface area contributed by atoms with Crippen LogP contribution in [0.25, 0.3) is 11.8 Å². The van der Waals surface area contributed by atoms with Crippen LogP contribution in [0.15, 0.2) is 49.1 Å². The lowest BCUT2D eigenvalue weighted by Gasteiger charge is -2.12. The molecule has 0 spiro atoms. The first-order valence-corrected chi connectivity index (χ1v) is 8.37. The van der Waals surface area contributed by atoms with E-state index in [1.54, 1.807) is 9.13 Å². The minimum Gasteiger partial charge on any atom is -0.844 e. The standard InChI is InChI=1S/C18H20ClN6O/c1-22(2)13-5-9-24(10-6-13)16-15(19)17(26)21-18(20-16)25-11-7-14(8-12-25)23(3)4/h5-12H,1-4H3/q+1. The predicted molar refractivity (Wildman–Crippen MR) is 98.2 cm³/mol. The fourth-order valence-corrected chi connectivity index (χ4v) is 2.58. The van der Waals surface area contributed by atoms with Gasteiger partial charge in [-0.3, -0.25) is 0 Å². The average molecular weight is 372 g/mol. The van der Waals surface area contributed by atoms with Crippen LogP contribution in [0.1, 0.15) is 0 Å². The van der Waals surface area contributed by atoms with E-state index in [2.05, 4.69) is 9.97 Å². The van der Waals surface area contributed by atoms with E-state index >= 15 is 0 Å². The molecular weight excluding hydrogens is 352 g/mol. The quantitative estimate of drug-likeness (QED) is 0.637. The summed E-state index contributed by atoms with van der Waals surface area (Å²) in [6.45, 7) is 0. The zero-order valence-electron chi connectivity index (χ0n) is 15.1. The molecule has 0 bridgehead atoms. The maximum absolute atomic E-state index is 12.2. The van der Waals surface area contributed by atoms with E-state index in [0.717, 1.165) is 11.4 Å². The van der Waals surface area contributed by atoms with Crippen molar-refractivity contribution in [1.82, 2.24) is 9.97 Å². The van der Waals surface area contributed by atoms with Crippen molar-refractivity contribution in [2.45, 2.75) is 0 Å². The molecule has 0 saturated heterocycles. The zero-order chi connectivity index (χ0) is 18.8. The molecule has 0 fully saturated rings. The summed E-state index contributed by atoms with van der Waals surface area (Å²) in [5.74, 6) is 0.0973. The fraction of sp³-hybridized carbons (Fsp3) is 0.222. The van der Waals surface area contributed by atoms with Crippen LogP contribution in [-0.4, -0.2) is 38.2 Å². The normalized spacial score (nSPS) is 10.7. The molecule has 0 aromatic carbocycles. The maximum Gasteiger partial charge on any atom is 0.476 e. The van der Waals surface area contributed by atoms with Gasteiger partial charge < -0.3 is 14.9 Å². The highest BCUT2D eigenvalue weighted by Gasteiger charge is 2.23. The molecule has 0 atom stereocenters. The Morgan fingerprint density at radius 2 is 1.27 bits per heavy atom. The Kier molecular flexibility index (Phi) is 4.90. The third-order valence-corrected chi connectivity index (χ3v) is 4.25. The highest BCUT2D eigenvalue weighted by Crippen LogP contribution is 2.22. The number of hydrogen-bond acceptors (Lipinski definition) is 5. The maximum atomic E-state index is 12.2. The third-order valence-electron chi connectivity index (χ3n) is 3.92. The summed E-state index contributed by atoms with van der Waals surface area (Å²) < 4.78 is 3.39. The lowest BCUT2D eigenvalue weighted by molar-refractivity contribution is -0.614. The summed E-state index contributed by atoms with van der Waals surface area (Å²) >= 11 is 6.17. The number of aromatic nitrogens is 4. The van der Waals surface area contributed by atoms with Crippen LogP contribution in [0, 0.1) is 0 Å². The second kappa shape index (κ2) is 7.13. The van der Waals surface area contributed by atoms with Crippen molar-refractivity contribution in [3.8, 4) is 17.6 Å². The number of anilines is 2. The van der Waals surface area contributed by atoms with Crippen LogP contribution in [0.4, 0.5) is 11.4 Å². The zero-order valence-corrected chi connectivity index (χ0v) is 15.8. The van der Waals surface area contributed by atoms with Gasteiger partial charge in [0.25, 0.3) is 0 Å². The van der Waals surface area contributed by atoms with Crippen LogP contribution in [0.5, 0.6) is 5.88 Å². The summed E-state index contributed by atoms with van der Waals surface area (Å²) in [6, 6.07) is 7.67. The Morgan fingerprint density at radius 3 is 1.73 bits per heavy atom. The lowest BCUT2D eigenvalue weighted by atomic mass is 10.3. The molecule has 0 aliphatic carbocycles. The van der Waals surface area contributed by atoms with Crippen molar-refractivity contribution >= 4 is 23.0 Å². The highest BCUT2D eigenvalue weighted by molar-refractivity contribution is 6.33. The predicted octanol–water partition coefficient (Wildman–Crippen LogP) is 0.889. The van der Waals surface area contributed by atoms with Crippen LogP contribution in [0.2, 0.25) is 5.02 Å². The van der Waals surface area contributed by atoms with Crippen molar-refractivity contribution in [3.05, 3.63) is 54.1 Å². The van der Waals surface area contributed by atoms with E-state index in [1.165, 1.54) is 0 Å². The highest BCUT2D eigenvalue weighted by atomic mass is 35.5. The number of nitrogens with zero attached hydrogens (tertiary/aromatic N) is 6. The molecule has 3 heterocycles. The molecule has 0 aliphatic rings. The van der Waals surface area contributed by atoms with Gasteiger partial charge in [0.05, 0.1) is 24.8 Å². The van der Waals surface area contributed by atoms with E-state index in [4.69, 9.17) is 11.6 Å². The van der Waals surface area contributed by atoms with Crippen LogP contribution in [-0.2, 0) is 0 Å². The molecule has 0 radical (unpaired) electrons. The van der Waals surface area contributed by atoms with Crippen molar-refractivity contribution in [2.75, 3.05) is 38.0 Å². The van der Waals surface area contributed by atoms with E-state index in [1.807, 2.05) is 87.0 Å². The lowest BCUT2D eigenvalue weighted by Crippen LogP contribution is -2.37. The molecule has 3 aromatic heterocycles. The van der Waals surface area contributed by atoms with Gasteiger partial charge in [-0.2, -0.15) is 4.57 Å². The minimum absolute atomic E-state index is 0.0122. The molecule has 3 rings (SSSR count). The Labute approximate surface area is 157 Å². The molecule has 26 heavy (non-hydrogen) atoms. The second-order valence-corrected chi connectivity index (χ2v) is 6.56. The largest absolute Gasteiger partial charge is 0.844 e. The van der Waals surface area contributed by atoms with E-state index in [9.17, 15) is 5.11 Å². The van der Waals surface area contributed by atoms with Gasteiger partial charge in [-0.15, -0.1) is 0 Å². The van der Waals surface area contributed by atoms with Gasteiger partial charge in [-0.1, -0.05) is 16.6 Å². The molecule has 0 unspecified atom stereocenters. The SMILES string of the molecule is CN(C)c1cc[n+](-c2nc([O-])c(Cl)c(-[n+]3ccc(N(C)C)cc3)n2)cc1. The fourth-order valence-electron chi connectivity index (χ4n) is 2.40. The molecule has 0 saturated carbocycles. The summed E-state index contributed by atoms with van der Waals surface area (Å²) in [4.78, 5) is 12.4. The molecule has 0 aliphatic heterocycles. The first-order chi connectivity index (χ1) is 12.4. The number of pyridine rings is 2. The Bertz CT molecular complexity index is 910. The Morgan fingerprint density at radius 1 is 0.808 bits per heavy atom. The summed E-state index contributed by atoms with van der Waals surface area (Å²) in [6.07, 6.45) is 7.24. The minimum atomic E-state index is -0.514. The van der Waals surface area contributed by atoms with Gasteiger partial charge in [0.1, 0.15) is 5.88 Å². The summed E-state index contributed by atoms with van der Waals surface area (Å²) in [5.41, 5.74) is 2.06. The van der Waals surface area contributed by atoms with Crippen LogP contribution in [0.3, 0.4) is 0 Å². The third kappa shape index (κ3) is 3.52. The topological polar surface area (TPSA) is 63.1 Å². The van der Waals surface area contributed by atoms with Gasteiger partial charge in [-0.25, -0.2) is 4.57 Å². The summed E-state index contributed by atoms with van der Waals surface area (Å²) in [7, 11) is 7.83. The van der Waals surface area contributed by atoms with Gasteiger partial charge >= 0.3 is 11.8 Å². The molecule has 7 nitrogen and oxygen atoms in total. The molecule has 0 N–H and O–H groups in total. The molecule has 8 heteroatoms. The monoisotopic (exact) mass is 371 g/mol. The van der Waals surface area contributed by atoms with Crippen molar-refractivity contribution in [2.24, 2.45) is 0 Å². The molecule has 0 amide bonds. The van der Waals surface area contributed by atoms with E-state index in [0.29, 0.717) is 5.82 Å². The second-order valence-electron chi connectivity index (χ2n) is 6.18. The first-order valence-electron chi connectivity index (χ1n) is 7.99. The Hall–Kier alpha value is -2.93. The van der Waals surface area contributed by atoms with Gasteiger partial charge in [0.15, 0.2) is 5.02 Å². The smallest absolute Gasteiger partial charge is 0.476 e. The van der Waals surface area contributed by atoms with Gasteiger partial charge in [0.2, 0.25) is 0 Å². The van der Waals surface area contributed by atoms with Gasteiger partial charge in [-0.05, 0) is 12.1 Å². The van der Waals surface area contributed by atoms with Gasteiger partial charge in [0, 0.05) is 56.7 Å². The van der Waals surface area contributed by atoms with Crippen LogP contribution < -0.4 is 24.0 Å². The molecular formula is C18H20ClN6O+. The summed E-state index contributed by atoms with van der Waals surface area (Å²) in [5, 5.41) is 12.2. The number of hydrogen-bond donors (Lipinski definition) is 0. The van der Waals surface area contributed by atoms with Crippen molar-refractivity contribution < 1.29 is 14.2 Å². The van der Waals surface area contributed by atoms with E-state index in [-0.39, 0.29) is 11.0 Å². The molecule has 3 aromatic rings. The van der Waals surface area contributed by atoms with E-state index < -0.39 is 5.88 Å².